The lowest BCUT2D eigenvalue weighted by molar-refractivity contribution is -0.139. The second-order valence-electron chi connectivity index (χ2n) is 9.70. The summed E-state index contributed by atoms with van der Waals surface area (Å²) < 4.78 is 22.1. The summed E-state index contributed by atoms with van der Waals surface area (Å²) in [6.07, 6.45) is 2.26. The van der Waals surface area contributed by atoms with Gasteiger partial charge in [-0.1, -0.05) is 73.8 Å². The molecule has 0 aliphatic heterocycles. The molecule has 6 heteroatoms. The summed E-state index contributed by atoms with van der Waals surface area (Å²) in [4.78, 5) is 22.8. The molecule has 4 aromatic carbocycles. The molecule has 6 nitrogen and oxygen atoms in total. The zero-order chi connectivity index (χ0) is 28.4. The summed E-state index contributed by atoms with van der Waals surface area (Å²) in [5, 5.41) is 0. The van der Waals surface area contributed by atoms with Gasteiger partial charge in [0.1, 0.15) is 37.9 Å². The molecular formula is C35H28O6. The first kappa shape index (κ1) is 26.1. The van der Waals surface area contributed by atoms with Crippen LogP contribution in [0.5, 0.6) is 11.5 Å². The lowest BCUT2D eigenvalue weighted by Gasteiger charge is -2.30. The van der Waals surface area contributed by atoms with Crippen molar-refractivity contribution in [3.63, 3.8) is 0 Å². The van der Waals surface area contributed by atoms with Gasteiger partial charge in [-0.3, -0.25) is 0 Å². The summed E-state index contributed by atoms with van der Waals surface area (Å²) in [6, 6.07) is 29.4. The van der Waals surface area contributed by atoms with Crippen LogP contribution in [0.2, 0.25) is 0 Å². The number of hydrogen-bond donors (Lipinski definition) is 0. The van der Waals surface area contributed by atoms with Gasteiger partial charge in [-0.15, -0.1) is 0 Å². The highest BCUT2D eigenvalue weighted by Gasteiger charge is 2.51. The minimum absolute atomic E-state index is 0.123. The highest BCUT2D eigenvalue weighted by Crippen LogP contribution is 2.63. The van der Waals surface area contributed by atoms with Gasteiger partial charge >= 0.3 is 11.9 Å². The summed E-state index contributed by atoms with van der Waals surface area (Å²) >= 11 is 0. The van der Waals surface area contributed by atoms with Crippen LogP contribution in [0, 0.1) is 0 Å². The second-order valence-corrected chi connectivity index (χ2v) is 9.70. The molecule has 0 radical (unpaired) electrons. The Morgan fingerprint density at radius 2 is 0.976 bits per heavy atom. The Labute approximate surface area is 238 Å². The van der Waals surface area contributed by atoms with Crippen molar-refractivity contribution >= 4 is 11.9 Å². The SMILES string of the molecule is C=CC(=O)OCCOc1ccc2c(c1)-c1cc(OCCOC(=O)C=C)ccc1C21c2ccccc2-c2ccccc21. The van der Waals surface area contributed by atoms with Gasteiger partial charge in [0.2, 0.25) is 0 Å². The average molecular weight is 545 g/mol. The van der Waals surface area contributed by atoms with Crippen molar-refractivity contribution in [1.29, 1.82) is 0 Å². The van der Waals surface area contributed by atoms with Crippen LogP contribution < -0.4 is 9.47 Å². The third kappa shape index (κ3) is 4.38. The molecule has 4 aromatic rings. The van der Waals surface area contributed by atoms with Gasteiger partial charge in [0, 0.05) is 12.2 Å². The molecule has 0 atom stereocenters. The average Bonchev–Trinajstić information content (AvgIpc) is 3.47. The molecule has 0 saturated heterocycles. The number of carbonyl (C=O) groups is 2. The predicted octanol–water partition coefficient (Wildman–Crippen LogP) is 6.25. The van der Waals surface area contributed by atoms with E-state index in [1.807, 2.05) is 24.3 Å². The number of rotatable bonds is 10. The Bertz CT molecular complexity index is 1560. The van der Waals surface area contributed by atoms with Crippen molar-refractivity contribution in [2.45, 2.75) is 5.41 Å². The van der Waals surface area contributed by atoms with E-state index in [0.717, 1.165) is 34.4 Å². The molecular weight excluding hydrogens is 516 g/mol. The number of hydrogen-bond acceptors (Lipinski definition) is 6. The van der Waals surface area contributed by atoms with Crippen LogP contribution in [0.4, 0.5) is 0 Å². The third-order valence-corrected chi connectivity index (χ3v) is 7.56. The monoisotopic (exact) mass is 544 g/mol. The summed E-state index contributed by atoms with van der Waals surface area (Å²) in [7, 11) is 0. The van der Waals surface area contributed by atoms with Gasteiger partial charge in [0.05, 0.1) is 5.41 Å². The maximum absolute atomic E-state index is 11.4. The van der Waals surface area contributed by atoms with Crippen LogP contribution in [0.1, 0.15) is 22.3 Å². The van der Waals surface area contributed by atoms with Crippen LogP contribution in [0.3, 0.4) is 0 Å². The van der Waals surface area contributed by atoms with E-state index in [4.69, 9.17) is 18.9 Å². The molecule has 0 aromatic heterocycles. The predicted molar refractivity (Wildman–Crippen MR) is 156 cm³/mol. The maximum Gasteiger partial charge on any atom is 0.330 e. The fourth-order valence-electron chi connectivity index (χ4n) is 6.01. The largest absolute Gasteiger partial charge is 0.490 e. The Kier molecular flexibility index (Phi) is 6.89. The van der Waals surface area contributed by atoms with E-state index in [9.17, 15) is 9.59 Å². The molecule has 204 valence electrons. The molecule has 2 aliphatic rings. The molecule has 0 bridgehead atoms. The highest BCUT2D eigenvalue weighted by molar-refractivity contribution is 5.95. The third-order valence-electron chi connectivity index (χ3n) is 7.56. The number of benzene rings is 4. The molecule has 1 spiro atoms. The van der Waals surface area contributed by atoms with Gasteiger partial charge in [-0.25, -0.2) is 9.59 Å². The molecule has 0 heterocycles. The first-order valence-corrected chi connectivity index (χ1v) is 13.4. The van der Waals surface area contributed by atoms with Gasteiger partial charge in [-0.2, -0.15) is 0 Å². The topological polar surface area (TPSA) is 71.1 Å². The zero-order valence-corrected chi connectivity index (χ0v) is 22.4. The second kappa shape index (κ2) is 10.8. The maximum atomic E-state index is 11.4. The van der Waals surface area contributed by atoms with Crippen LogP contribution in [-0.4, -0.2) is 38.4 Å². The Morgan fingerprint density at radius 1 is 0.561 bits per heavy atom. The van der Waals surface area contributed by atoms with E-state index >= 15 is 0 Å². The van der Waals surface area contributed by atoms with Crippen LogP contribution in [-0.2, 0) is 24.5 Å². The number of esters is 2. The molecule has 0 saturated carbocycles. The molecule has 0 amide bonds. The minimum atomic E-state index is -0.492. The Morgan fingerprint density at radius 3 is 1.41 bits per heavy atom. The quantitative estimate of drug-likeness (QED) is 0.115. The molecule has 0 N–H and O–H groups in total. The lowest BCUT2D eigenvalue weighted by atomic mass is 9.70. The van der Waals surface area contributed by atoms with Crippen molar-refractivity contribution in [3.05, 3.63) is 132 Å². The standard InChI is InChI=1S/C35H28O6/c1-3-33(36)40-19-17-38-23-13-15-31-27(21-23)28-22-24(39-18-20-41-34(37)4-2)14-16-32(28)35(31)29-11-7-5-9-25(29)26-10-6-8-12-30(26)35/h3-16,21-22H,1-2,17-20H2. The van der Waals surface area contributed by atoms with E-state index in [1.165, 1.54) is 22.3 Å². The van der Waals surface area contributed by atoms with Crippen molar-refractivity contribution in [2.75, 3.05) is 26.4 Å². The number of fused-ring (bicyclic) bond motifs is 10. The van der Waals surface area contributed by atoms with E-state index in [1.54, 1.807) is 0 Å². The van der Waals surface area contributed by atoms with E-state index in [2.05, 4.69) is 73.8 Å². The summed E-state index contributed by atoms with van der Waals surface area (Å²) in [5.74, 6) is 0.375. The fourth-order valence-corrected chi connectivity index (χ4v) is 6.01. The van der Waals surface area contributed by atoms with E-state index in [-0.39, 0.29) is 26.4 Å². The van der Waals surface area contributed by atoms with Crippen molar-refractivity contribution in [2.24, 2.45) is 0 Å². The summed E-state index contributed by atoms with van der Waals surface area (Å²) in [5.41, 5.74) is 8.80. The first-order chi connectivity index (χ1) is 20.1. The zero-order valence-electron chi connectivity index (χ0n) is 22.4. The first-order valence-electron chi connectivity index (χ1n) is 13.4. The van der Waals surface area contributed by atoms with Crippen LogP contribution in [0.15, 0.2) is 110 Å². The number of carbonyl (C=O) groups excluding carboxylic acids is 2. The Hall–Kier alpha value is -5.10. The van der Waals surface area contributed by atoms with Crippen LogP contribution >= 0.6 is 0 Å². The Balaban J connectivity index is 1.42. The van der Waals surface area contributed by atoms with Gasteiger partial charge in [-0.05, 0) is 68.8 Å². The van der Waals surface area contributed by atoms with Gasteiger partial charge < -0.3 is 18.9 Å². The lowest BCUT2D eigenvalue weighted by Crippen LogP contribution is -2.25. The molecule has 0 fully saturated rings. The smallest absolute Gasteiger partial charge is 0.330 e. The normalized spacial score (nSPS) is 12.9. The van der Waals surface area contributed by atoms with Crippen molar-refractivity contribution in [3.8, 4) is 33.8 Å². The van der Waals surface area contributed by atoms with Crippen LogP contribution in [0.25, 0.3) is 22.3 Å². The highest BCUT2D eigenvalue weighted by atomic mass is 16.6. The summed E-state index contributed by atoms with van der Waals surface area (Å²) in [6.45, 7) is 7.51. The van der Waals surface area contributed by atoms with Gasteiger partial charge in [0.25, 0.3) is 0 Å². The van der Waals surface area contributed by atoms with E-state index < -0.39 is 17.4 Å². The fraction of sp³-hybridized carbons (Fsp3) is 0.143. The molecule has 2 aliphatic carbocycles. The van der Waals surface area contributed by atoms with Crippen molar-refractivity contribution < 1.29 is 28.5 Å². The van der Waals surface area contributed by atoms with E-state index in [0.29, 0.717) is 11.5 Å². The number of ether oxygens (including phenoxy) is 4. The van der Waals surface area contributed by atoms with Crippen molar-refractivity contribution in [1.82, 2.24) is 0 Å². The molecule has 41 heavy (non-hydrogen) atoms. The minimum Gasteiger partial charge on any atom is -0.490 e. The molecule has 0 unspecified atom stereocenters. The molecule has 6 rings (SSSR count). The van der Waals surface area contributed by atoms with Gasteiger partial charge in [0.15, 0.2) is 0 Å².